The Morgan fingerprint density at radius 2 is 1.82 bits per heavy atom. The lowest BCUT2D eigenvalue weighted by Crippen LogP contribution is -2.20. The van der Waals surface area contributed by atoms with E-state index in [-0.39, 0.29) is 11.4 Å². The molecule has 0 aliphatic rings. The van der Waals surface area contributed by atoms with Crippen LogP contribution in [0.3, 0.4) is 0 Å². The number of benzene rings is 3. The molecule has 0 spiro atoms. The predicted molar refractivity (Wildman–Crippen MR) is 129 cm³/mol. The van der Waals surface area contributed by atoms with Crippen LogP contribution in [0.4, 0.5) is 0 Å². The highest BCUT2D eigenvalue weighted by molar-refractivity contribution is 5.93. The molecule has 5 rings (SSSR count). The number of furan rings is 1. The van der Waals surface area contributed by atoms with E-state index in [4.69, 9.17) is 9.15 Å². The summed E-state index contributed by atoms with van der Waals surface area (Å²) in [6, 6.07) is 24.6. The van der Waals surface area contributed by atoms with Gasteiger partial charge in [-0.2, -0.15) is 9.78 Å². The zero-order valence-electron chi connectivity index (χ0n) is 18.2. The fourth-order valence-corrected chi connectivity index (χ4v) is 3.53. The molecule has 34 heavy (non-hydrogen) atoms. The third kappa shape index (κ3) is 4.14. The maximum atomic E-state index is 13.2. The van der Waals surface area contributed by atoms with Gasteiger partial charge >= 0.3 is 5.97 Å². The Morgan fingerprint density at radius 3 is 2.65 bits per heavy atom. The summed E-state index contributed by atoms with van der Waals surface area (Å²) in [5.41, 5.74) is 2.12. The molecule has 2 heterocycles. The van der Waals surface area contributed by atoms with Gasteiger partial charge in [-0.3, -0.25) is 4.79 Å². The van der Waals surface area contributed by atoms with Gasteiger partial charge in [0.2, 0.25) is 5.82 Å². The van der Waals surface area contributed by atoms with Crippen LogP contribution in [0.15, 0.2) is 106 Å². The first-order chi connectivity index (χ1) is 16.6. The van der Waals surface area contributed by atoms with E-state index in [1.165, 1.54) is 17.2 Å². The topological polar surface area (TPSA) is 86.7 Å². The van der Waals surface area contributed by atoms with Gasteiger partial charge in [-0.1, -0.05) is 42.0 Å². The normalized spacial score (nSPS) is 11.2. The number of carbonyl (C=O) groups excluding carboxylic acids is 1. The zero-order valence-corrected chi connectivity index (χ0v) is 18.2. The SMILES string of the molecule is Cc1cccc(C(=O)Oc2ccccc2C=Nn2c(-c3ccco3)nc3ccccc3c2=O)c1. The number of hydrogen-bond donors (Lipinski definition) is 0. The zero-order chi connectivity index (χ0) is 23.5. The molecular formula is C27H19N3O4. The lowest BCUT2D eigenvalue weighted by molar-refractivity contribution is 0.0734. The Hall–Kier alpha value is -4.78. The Bertz CT molecular complexity index is 1580. The van der Waals surface area contributed by atoms with Crippen molar-refractivity contribution < 1.29 is 13.9 Å². The van der Waals surface area contributed by atoms with E-state index in [1.54, 1.807) is 72.8 Å². The average molecular weight is 449 g/mol. The van der Waals surface area contributed by atoms with Crippen molar-refractivity contribution in [1.82, 2.24) is 9.66 Å². The number of aryl methyl sites for hydroxylation is 1. The first-order valence-corrected chi connectivity index (χ1v) is 10.6. The van der Waals surface area contributed by atoms with Crippen LogP contribution in [0.5, 0.6) is 5.75 Å². The van der Waals surface area contributed by atoms with E-state index in [2.05, 4.69) is 10.1 Å². The molecule has 0 N–H and O–H groups in total. The summed E-state index contributed by atoms with van der Waals surface area (Å²) in [5.74, 6) is 0.503. The standard InChI is InChI=1S/C27H19N3O4/c1-18-8-6-10-19(16-18)27(32)34-23-13-5-2-9-20(23)17-28-30-25(24-14-7-15-33-24)29-22-12-4-3-11-21(22)26(30)31/h2-17H,1H3. The van der Waals surface area contributed by atoms with Crippen molar-refractivity contribution in [3.63, 3.8) is 0 Å². The van der Waals surface area contributed by atoms with Gasteiger partial charge in [-0.05, 0) is 55.5 Å². The van der Waals surface area contributed by atoms with E-state index in [0.29, 0.717) is 33.5 Å². The number of esters is 1. The Labute approximate surface area is 194 Å². The second kappa shape index (κ2) is 8.99. The number of nitrogens with zero attached hydrogens (tertiary/aromatic N) is 3. The molecule has 5 aromatic rings. The first kappa shape index (κ1) is 21.1. The lowest BCUT2D eigenvalue weighted by atomic mass is 10.1. The first-order valence-electron chi connectivity index (χ1n) is 10.6. The van der Waals surface area contributed by atoms with E-state index in [1.807, 2.05) is 19.1 Å². The lowest BCUT2D eigenvalue weighted by Gasteiger charge is -2.09. The molecule has 0 aliphatic carbocycles. The number of fused-ring (bicyclic) bond motifs is 1. The van der Waals surface area contributed by atoms with Crippen molar-refractivity contribution in [3.8, 4) is 17.3 Å². The fraction of sp³-hybridized carbons (Fsp3) is 0.0370. The van der Waals surface area contributed by atoms with Gasteiger partial charge in [-0.25, -0.2) is 9.78 Å². The van der Waals surface area contributed by atoms with E-state index in [0.717, 1.165) is 5.56 Å². The molecule has 0 bridgehead atoms. The highest BCUT2D eigenvalue weighted by Gasteiger charge is 2.15. The van der Waals surface area contributed by atoms with Crippen LogP contribution >= 0.6 is 0 Å². The number of hydrogen-bond acceptors (Lipinski definition) is 6. The molecular weight excluding hydrogens is 430 g/mol. The summed E-state index contributed by atoms with van der Waals surface area (Å²) in [4.78, 5) is 30.5. The van der Waals surface area contributed by atoms with Crippen LogP contribution in [-0.2, 0) is 0 Å². The molecule has 0 amide bonds. The highest BCUT2D eigenvalue weighted by atomic mass is 16.5. The van der Waals surface area contributed by atoms with Crippen LogP contribution in [0.2, 0.25) is 0 Å². The summed E-state index contributed by atoms with van der Waals surface area (Å²) >= 11 is 0. The Morgan fingerprint density at radius 1 is 1.00 bits per heavy atom. The summed E-state index contributed by atoms with van der Waals surface area (Å²) < 4.78 is 12.3. The monoisotopic (exact) mass is 449 g/mol. The van der Waals surface area contributed by atoms with Crippen LogP contribution in [0, 0.1) is 6.92 Å². The van der Waals surface area contributed by atoms with Gasteiger partial charge in [0.25, 0.3) is 5.56 Å². The molecule has 7 nitrogen and oxygen atoms in total. The van der Waals surface area contributed by atoms with Gasteiger partial charge in [0, 0.05) is 5.56 Å². The summed E-state index contributed by atoms with van der Waals surface area (Å²) in [6.45, 7) is 1.91. The van der Waals surface area contributed by atoms with Gasteiger partial charge < -0.3 is 9.15 Å². The molecule has 0 fully saturated rings. The van der Waals surface area contributed by atoms with Gasteiger partial charge in [0.15, 0.2) is 5.76 Å². The number of carbonyl (C=O) groups is 1. The minimum atomic E-state index is -0.481. The molecule has 0 saturated carbocycles. The van der Waals surface area contributed by atoms with Crippen molar-refractivity contribution in [1.29, 1.82) is 0 Å². The van der Waals surface area contributed by atoms with Crippen LogP contribution in [0.25, 0.3) is 22.5 Å². The third-order valence-electron chi connectivity index (χ3n) is 5.18. The van der Waals surface area contributed by atoms with Crippen LogP contribution in [-0.4, -0.2) is 21.8 Å². The van der Waals surface area contributed by atoms with Gasteiger partial charge in [-0.15, -0.1) is 0 Å². The number of ether oxygens (including phenoxy) is 1. The summed E-state index contributed by atoms with van der Waals surface area (Å²) in [6.07, 6.45) is 2.97. The molecule has 0 saturated heterocycles. The van der Waals surface area contributed by atoms with Crippen molar-refractivity contribution in [3.05, 3.63) is 118 Å². The maximum absolute atomic E-state index is 13.2. The van der Waals surface area contributed by atoms with Gasteiger partial charge in [0.1, 0.15) is 5.75 Å². The van der Waals surface area contributed by atoms with Crippen molar-refractivity contribution in [2.45, 2.75) is 6.92 Å². The molecule has 7 heteroatoms. The van der Waals surface area contributed by atoms with Gasteiger partial charge in [0.05, 0.1) is 28.9 Å². The second-order valence-corrected chi connectivity index (χ2v) is 7.59. The maximum Gasteiger partial charge on any atom is 0.343 e. The van der Waals surface area contributed by atoms with E-state index >= 15 is 0 Å². The Kier molecular flexibility index (Phi) is 5.58. The molecule has 0 aliphatic heterocycles. The van der Waals surface area contributed by atoms with Crippen molar-refractivity contribution in [2.24, 2.45) is 5.10 Å². The molecule has 166 valence electrons. The second-order valence-electron chi connectivity index (χ2n) is 7.59. The molecule has 3 aromatic carbocycles. The van der Waals surface area contributed by atoms with Crippen molar-refractivity contribution >= 4 is 23.1 Å². The van der Waals surface area contributed by atoms with Crippen molar-refractivity contribution in [2.75, 3.05) is 0 Å². The number of para-hydroxylation sites is 2. The van der Waals surface area contributed by atoms with Crippen LogP contribution in [0.1, 0.15) is 21.5 Å². The highest BCUT2D eigenvalue weighted by Crippen LogP contribution is 2.21. The minimum absolute atomic E-state index is 0.263. The number of aromatic nitrogens is 2. The van der Waals surface area contributed by atoms with E-state index < -0.39 is 5.97 Å². The summed E-state index contributed by atoms with van der Waals surface area (Å²) in [5, 5.41) is 4.83. The number of rotatable bonds is 5. The molecule has 2 aromatic heterocycles. The Balaban J connectivity index is 1.55. The van der Waals surface area contributed by atoms with Crippen LogP contribution < -0.4 is 10.3 Å². The molecule has 0 atom stereocenters. The molecule has 0 unspecified atom stereocenters. The molecule has 0 radical (unpaired) electrons. The quantitative estimate of drug-likeness (QED) is 0.212. The average Bonchev–Trinajstić information content (AvgIpc) is 3.39. The summed E-state index contributed by atoms with van der Waals surface area (Å²) in [7, 11) is 0. The third-order valence-corrected chi connectivity index (χ3v) is 5.18. The predicted octanol–water partition coefficient (Wildman–Crippen LogP) is 5.07. The smallest absolute Gasteiger partial charge is 0.343 e. The largest absolute Gasteiger partial charge is 0.461 e. The van der Waals surface area contributed by atoms with E-state index in [9.17, 15) is 9.59 Å². The minimum Gasteiger partial charge on any atom is -0.461 e. The fourth-order valence-electron chi connectivity index (χ4n) is 3.53.